The van der Waals surface area contributed by atoms with Crippen LogP contribution in [0.4, 0.5) is 0 Å². The molecule has 0 amide bonds. The molecule has 4 nitrogen and oxygen atoms in total. The molecule has 6 heteroatoms. The average molecular weight is 541 g/mol. The fraction of sp³-hybridized carbons (Fsp3) is 0.179. The lowest BCUT2D eigenvalue weighted by molar-refractivity contribution is 0.0697. The molecular formula is C28H27BrClNO3. The number of aromatic nitrogens is 1. The molecule has 0 fully saturated rings. The largest absolute Gasteiger partial charge is 0.488 e. The van der Waals surface area contributed by atoms with E-state index in [2.05, 4.69) is 15.9 Å². The summed E-state index contributed by atoms with van der Waals surface area (Å²) in [7, 11) is 0. The van der Waals surface area contributed by atoms with E-state index in [0.717, 1.165) is 44.0 Å². The summed E-state index contributed by atoms with van der Waals surface area (Å²) < 4.78 is 9.20. The first-order valence-electron chi connectivity index (χ1n) is 11.0. The van der Waals surface area contributed by atoms with Crippen molar-refractivity contribution in [2.45, 2.75) is 34.3 Å². The highest BCUT2D eigenvalue weighted by atomic mass is 79.9. The first kappa shape index (κ1) is 25.6. The summed E-state index contributed by atoms with van der Waals surface area (Å²) in [6, 6.07) is 22.6. The molecular weight excluding hydrogens is 514 g/mol. The van der Waals surface area contributed by atoms with Gasteiger partial charge in [0.25, 0.3) is 0 Å². The van der Waals surface area contributed by atoms with E-state index in [9.17, 15) is 9.90 Å². The molecule has 1 N–H and O–H groups in total. The second-order valence-electron chi connectivity index (χ2n) is 7.55. The van der Waals surface area contributed by atoms with Gasteiger partial charge in [-0.1, -0.05) is 53.5 Å². The number of hydrogen-bond donors (Lipinski definition) is 1. The number of carbonyl (C=O) groups is 1. The fourth-order valence-electron chi connectivity index (χ4n) is 3.67. The van der Waals surface area contributed by atoms with Crippen LogP contribution in [0.2, 0.25) is 5.02 Å². The Morgan fingerprint density at radius 2 is 1.76 bits per heavy atom. The second kappa shape index (κ2) is 11.4. The van der Waals surface area contributed by atoms with Gasteiger partial charge in [0.05, 0.1) is 11.3 Å². The van der Waals surface area contributed by atoms with Gasteiger partial charge < -0.3 is 14.4 Å². The fourth-order valence-corrected chi connectivity index (χ4v) is 4.26. The molecule has 4 aromatic rings. The van der Waals surface area contributed by atoms with Crippen LogP contribution < -0.4 is 4.74 Å². The average Bonchev–Trinajstić information content (AvgIpc) is 3.21. The van der Waals surface area contributed by atoms with E-state index >= 15 is 0 Å². The number of carboxylic acids is 1. The second-order valence-corrected chi connectivity index (χ2v) is 8.90. The van der Waals surface area contributed by atoms with Crippen molar-refractivity contribution < 1.29 is 14.6 Å². The quantitative estimate of drug-likeness (QED) is 0.267. The van der Waals surface area contributed by atoms with E-state index in [0.29, 0.717) is 11.6 Å². The molecule has 0 saturated heterocycles. The van der Waals surface area contributed by atoms with Crippen molar-refractivity contribution in [3.8, 4) is 22.7 Å². The maximum absolute atomic E-state index is 11.5. The van der Waals surface area contributed by atoms with Crippen LogP contribution in [0.5, 0.6) is 5.75 Å². The molecule has 0 spiro atoms. The summed E-state index contributed by atoms with van der Waals surface area (Å²) >= 11 is 9.65. The van der Waals surface area contributed by atoms with Crippen LogP contribution in [0, 0.1) is 13.8 Å². The molecule has 4 rings (SSSR count). The third kappa shape index (κ3) is 5.72. The van der Waals surface area contributed by atoms with Gasteiger partial charge in [0.15, 0.2) is 0 Å². The van der Waals surface area contributed by atoms with Gasteiger partial charge in [-0.25, -0.2) is 4.79 Å². The summed E-state index contributed by atoms with van der Waals surface area (Å²) in [6.45, 7) is 8.41. The van der Waals surface area contributed by atoms with Crippen molar-refractivity contribution in [2.24, 2.45) is 0 Å². The summed E-state index contributed by atoms with van der Waals surface area (Å²) in [5.74, 6) is -0.223. The van der Waals surface area contributed by atoms with Gasteiger partial charge in [0, 0.05) is 26.4 Å². The van der Waals surface area contributed by atoms with Gasteiger partial charge in [-0.15, -0.1) is 0 Å². The summed E-state index contributed by atoms with van der Waals surface area (Å²) in [6.07, 6.45) is 0. The number of hydrogen-bond acceptors (Lipinski definition) is 2. The summed E-state index contributed by atoms with van der Waals surface area (Å²) in [5.41, 5.74) is 5.95. The lowest BCUT2D eigenvalue weighted by Crippen LogP contribution is -2.04. The van der Waals surface area contributed by atoms with E-state index < -0.39 is 5.97 Å². The first-order chi connectivity index (χ1) is 16.3. The van der Waals surface area contributed by atoms with E-state index in [1.165, 1.54) is 0 Å². The van der Waals surface area contributed by atoms with Crippen molar-refractivity contribution in [3.05, 3.63) is 105 Å². The molecule has 0 aliphatic rings. The number of ether oxygens (including phenoxy) is 1. The van der Waals surface area contributed by atoms with Gasteiger partial charge in [0.1, 0.15) is 12.4 Å². The van der Waals surface area contributed by atoms with Crippen LogP contribution in [0.3, 0.4) is 0 Å². The molecule has 1 aromatic heterocycles. The van der Waals surface area contributed by atoms with Gasteiger partial charge in [-0.3, -0.25) is 0 Å². The zero-order valence-electron chi connectivity index (χ0n) is 19.6. The Kier molecular flexibility index (Phi) is 8.59. The van der Waals surface area contributed by atoms with Gasteiger partial charge in [-0.2, -0.15) is 0 Å². The minimum Gasteiger partial charge on any atom is -0.488 e. The highest BCUT2D eigenvalue weighted by Crippen LogP contribution is 2.36. The minimum absolute atomic E-state index is 0.241. The van der Waals surface area contributed by atoms with Crippen LogP contribution in [0.1, 0.15) is 41.0 Å². The Morgan fingerprint density at radius 3 is 2.47 bits per heavy atom. The van der Waals surface area contributed by atoms with Crippen LogP contribution in [-0.4, -0.2) is 15.6 Å². The maximum Gasteiger partial charge on any atom is 0.335 e. The van der Waals surface area contributed by atoms with Crippen molar-refractivity contribution in [1.82, 2.24) is 4.57 Å². The first-order valence-corrected chi connectivity index (χ1v) is 12.2. The molecule has 0 bridgehead atoms. The number of aryl methyl sites for hydroxylation is 2. The Balaban J connectivity index is 0.00000158. The van der Waals surface area contributed by atoms with E-state index in [1.54, 1.807) is 18.2 Å². The van der Waals surface area contributed by atoms with Crippen molar-refractivity contribution in [3.63, 3.8) is 0 Å². The summed E-state index contributed by atoms with van der Waals surface area (Å²) in [4.78, 5) is 11.5. The normalized spacial score (nSPS) is 10.4. The number of halogens is 2. The van der Waals surface area contributed by atoms with Crippen molar-refractivity contribution >= 4 is 33.5 Å². The Bertz CT molecular complexity index is 1310. The van der Waals surface area contributed by atoms with Crippen molar-refractivity contribution in [1.29, 1.82) is 0 Å². The molecule has 176 valence electrons. The van der Waals surface area contributed by atoms with Crippen LogP contribution in [0.25, 0.3) is 16.9 Å². The number of nitrogens with zero attached hydrogens (tertiary/aromatic N) is 1. The molecule has 0 aliphatic heterocycles. The molecule has 1 heterocycles. The Hall–Kier alpha value is -3.02. The molecule has 3 aromatic carbocycles. The van der Waals surface area contributed by atoms with E-state index in [1.807, 2.05) is 86.9 Å². The molecule has 34 heavy (non-hydrogen) atoms. The maximum atomic E-state index is 11.5. The number of carboxylic acid groups (broad SMARTS) is 1. The predicted octanol–water partition coefficient (Wildman–Crippen LogP) is 8.48. The number of rotatable bonds is 6. The topological polar surface area (TPSA) is 51.5 Å². The summed E-state index contributed by atoms with van der Waals surface area (Å²) in [5, 5.41) is 10.1. The number of benzene rings is 3. The SMILES string of the molecule is CC.Cc1cc(Cl)ccc1COc1ccc(Br)cc1-c1ccc(C)n1-c1cccc(C(=O)O)c1. The smallest absolute Gasteiger partial charge is 0.335 e. The Labute approximate surface area is 213 Å². The van der Waals surface area contributed by atoms with Crippen LogP contribution in [-0.2, 0) is 6.61 Å². The zero-order chi connectivity index (χ0) is 24.8. The van der Waals surface area contributed by atoms with Gasteiger partial charge in [0.2, 0.25) is 0 Å². The Morgan fingerprint density at radius 1 is 1.00 bits per heavy atom. The van der Waals surface area contributed by atoms with Gasteiger partial charge >= 0.3 is 5.97 Å². The van der Waals surface area contributed by atoms with Crippen LogP contribution >= 0.6 is 27.5 Å². The number of aromatic carboxylic acids is 1. The zero-order valence-corrected chi connectivity index (χ0v) is 21.9. The van der Waals surface area contributed by atoms with Gasteiger partial charge in [-0.05, 0) is 85.6 Å². The highest BCUT2D eigenvalue weighted by molar-refractivity contribution is 9.10. The third-order valence-electron chi connectivity index (χ3n) is 5.33. The molecule has 0 radical (unpaired) electrons. The molecule has 0 aliphatic carbocycles. The third-order valence-corrected chi connectivity index (χ3v) is 6.06. The van der Waals surface area contributed by atoms with Crippen LogP contribution in [0.15, 0.2) is 77.3 Å². The molecule has 0 unspecified atom stereocenters. The lowest BCUT2D eigenvalue weighted by atomic mass is 10.1. The molecule has 0 saturated carbocycles. The van der Waals surface area contributed by atoms with E-state index in [4.69, 9.17) is 16.3 Å². The monoisotopic (exact) mass is 539 g/mol. The van der Waals surface area contributed by atoms with Crippen molar-refractivity contribution in [2.75, 3.05) is 0 Å². The predicted molar refractivity (Wildman–Crippen MR) is 142 cm³/mol. The van der Waals surface area contributed by atoms with E-state index in [-0.39, 0.29) is 5.56 Å². The highest BCUT2D eigenvalue weighted by Gasteiger charge is 2.16. The lowest BCUT2D eigenvalue weighted by Gasteiger charge is -2.17. The standard InChI is InChI=1S/C26H21BrClNO3.C2H6/c1-16-12-21(28)9-7-19(16)15-32-25-11-8-20(27)14-23(25)24-10-6-17(2)29(24)22-5-3-4-18(13-22)26(30)31;1-2/h3-14H,15H2,1-2H3,(H,30,31);1-2H3. The molecule has 0 atom stereocenters. The minimum atomic E-state index is -0.956.